The third-order valence-corrected chi connectivity index (χ3v) is 5.46. The maximum atomic E-state index is 14.1. The highest BCUT2D eigenvalue weighted by Crippen LogP contribution is 2.26. The largest absolute Gasteiger partial charge is 0.424 e. The Hall–Kier alpha value is -2.23. The maximum absolute atomic E-state index is 14.1. The van der Waals surface area contributed by atoms with Crippen LogP contribution in [0.25, 0.3) is 16.9 Å². The van der Waals surface area contributed by atoms with Gasteiger partial charge in [0.15, 0.2) is 0 Å². The summed E-state index contributed by atoms with van der Waals surface area (Å²) in [5.41, 5.74) is 1.99. The molecule has 1 heterocycles. The Morgan fingerprint density at radius 1 is 1.20 bits per heavy atom. The maximum Gasteiger partial charge on any atom is 0.424 e. The van der Waals surface area contributed by atoms with E-state index in [0.717, 1.165) is 22.2 Å². The van der Waals surface area contributed by atoms with Gasteiger partial charge in [0.25, 0.3) is 0 Å². The Labute approximate surface area is 150 Å². The topological polar surface area (TPSA) is 95.3 Å². The van der Waals surface area contributed by atoms with Crippen molar-refractivity contribution in [1.82, 2.24) is 4.57 Å². The van der Waals surface area contributed by atoms with Gasteiger partial charge < -0.3 is 4.42 Å². The van der Waals surface area contributed by atoms with Crippen molar-refractivity contribution in [3.8, 4) is 16.9 Å². The van der Waals surface area contributed by atoms with Crippen LogP contribution in [0.1, 0.15) is 5.56 Å². The molecule has 9 heteroatoms. The number of aryl methyl sites for hydroxylation is 1. The minimum absolute atomic E-state index is 0.274. The Kier molecular flexibility index (Phi) is 4.40. The van der Waals surface area contributed by atoms with Crippen LogP contribution >= 0.6 is 15.9 Å². The van der Waals surface area contributed by atoms with Gasteiger partial charge in [0.05, 0.1) is 11.4 Å². The van der Waals surface area contributed by atoms with Crippen LogP contribution in [0.4, 0.5) is 4.39 Å². The first-order valence-corrected chi connectivity index (χ1v) is 9.32. The summed E-state index contributed by atoms with van der Waals surface area (Å²) in [7, 11) is -4.17. The molecule has 0 unspecified atom stereocenters. The van der Waals surface area contributed by atoms with Crippen molar-refractivity contribution < 1.29 is 17.2 Å². The van der Waals surface area contributed by atoms with Crippen molar-refractivity contribution in [2.45, 2.75) is 11.8 Å². The summed E-state index contributed by atoms with van der Waals surface area (Å²) >= 11 is 3.38. The predicted molar refractivity (Wildman–Crippen MR) is 93.5 cm³/mol. The quantitative estimate of drug-likeness (QED) is 0.696. The Bertz CT molecular complexity index is 1140. The molecular weight excluding hydrogens is 415 g/mol. The average Bonchev–Trinajstić information content (AvgIpc) is 2.90. The van der Waals surface area contributed by atoms with Gasteiger partial charge >= 0.3 is 5.76 Å². The lowest BCUT2D eigenvalue weighted by Gasteiger charge is -2.09. The minimum atomic E-state index is -4.17. The monoisotopic (exact) mass is 426 g/mol. The molecule has 6 nitrogen and oxygen atoms in total. The van der Waals surface area contributed by atoms with Crippen molar-refractivity contribution in [3.63, 3.8) is 0 Å². The van der Waals surface area contributed by atoms with Gasteiger partial charge in [-0.25, -0.2) is 27.3 Å². The Morgan fingerprint density at radius 2 is 1.92 bits per heavy atom. The first-order valence-electron chi connectivity index (χ1n) is 6.98. The van der Waals surface area contributed by atoms with Gasteiger partial charge in [-0.3, -0.25) is 0 Å². The molecular formula is C16H12BrFN2O4S. The number of nitrogens with two attached hydrogens (primary N) is 1. The number of rotatable bonds is 3. The summed E-state index contributed by atoms with van der Waals surface area (Å²) < 4.78 is 43.8. The van der Waals surface area contributed by atoms with Crippen LogP contribution in [0.5, 0.6) is 0 Å². The second kappa shape index (κ2) is 6.25. The van der Waals surface area contributed by atoms with Crippen LogP contribution in [-0.2, 0) is 10.0 Å². The summed E-state index contributed by atoms with van der Waals surface area (Å²) in [5.74, 6) is -1.65. The zero-order valence-corrected chi connectivity index (χ0v) is 15.3. The van der Waals surface area contributed by atoms with Gasteiger partial charge in [0.1, 0.15) is 17.0 Å². The summed E-state index contributed by atoms with van der Waals surface area (Å²) in [4.78, 5) is 11.5. The standard InChI is InChI=1S/C16H12BrFN2O4S/c1-9-6-11(3-4-12(9)17)20-14(8-24-16(20)21)10-2-5-15(13(18)7-10)25(19,22)23/h2-8H,1H3,(H2,19,22,23). The smallest absolute Gasteiger partial charge is 0.415 e. The zero-order chi connectivity index (χ0) is 18.4. The lowest BCUT2D eigenvalue weighted by molar-refractivity contribution is 0.504. The van der Waals surface area contributed by atoms with Crippen LogP contribution in [0.2, 0.25) is 0 Å². The number of hydrogen-bond acceptors (Lipinski definition) is 4. The first kappa shape index (κ1) is 17.6. The number of halogens is 2. The van der Waals surface area contributed by atoms with E-state index in [1.54, 1.807) is 18.2 Å². The van der Waals surface area contributed by atoms with Gasteiger partial charge in [-0.15, -0.1) is 0 Å². The van der Waals surface area contributed by atoms with E-state index < -0.39 is 26.5 Å². The molecule has 25 heavy (non-hydrogen) atoms. The third-order valence-electron chi connectivity index (χ3n) is 3.63. The fourth-order valence-corrected chi connectivity index (χ4v) is 3.25. The van der Waals surface area contributed by atoms with Crippen molar-refractivity contribution in [2.75, 3.05) is 0 Å². The Morgan fingerprint density at radius 3 is 2.52 bits per heavy atom. The number of sulfonamides is 1. The second-order valence-corrected chi connectivity index (χ2v) is 7.73. The summed E-state index contributed by atoms with van der Waals surface area (Å²) in [6, 6.07) is 8.64. The number of benzene rings is 2. The molecule has 130 valence electrons. The van der Waals surface area contributed by atoms with Crippen LogP contribution < -0.4 is 10.9 Å². The number of primary sulfonamides is 1. The third kappa shape index (κ3) is 3.30. The van der Waals surface area contributed by atoms with Crippen LogP contribution in [-0.4, -0.2) is 13.0 Å². The summed E-state index contributed by atoms with van der Waals surface area (Å²) in [5, 5.41) is 4.96. The fourth-order valence-electron chi connectivity index (χ4n) is 2.41. The molecule has 0 saturated heterocycles. The molecule has 0 aliphatic heterocycles. The average molecular weight is 427 g/mol. The minimum Gasteiger partial charge on any atom is -0.415 e. The Balaban J connectivity index is 2.19. The number of oxazole rings is 1. The van der Waals surface area contributed by atoms with Crippen molar-refractivity contribution in [3.05, 3.63) is 69.1 Å². The van der Waals surface area contributed by atoms with Crippen molar-refractivity contribution in [2.24, 2.45) is 5.14 Å². The number of nitrogens with zero attached hydrogens (tertiary/aromatic N) is 1. The molecule has 0 aliphatic rings. The molecule has 2 N–H and O–H groups in total. The van der Waals surface area contributed by atoms with E-state index in [2.05, 4.69) is 15.9 Å². The molecule has 0 radical (unpaired) electrons. The van der Waals surface area contributed by atoms with Gasteiger partial charge in [-0.05, 0) is 42.8 Å². The molecule has 0 bridgehead atoms. The normalized spacial score (nSPS) is 11.7. The van der Waals surface area contributed by atoms with Crippen molar-refractivity contribution in [1.29, 1.82) is 0 Å². The first-order chi connectivity index (χ1) is 11.7. The van der Waals surface area contributed by atoms with E-state index in [0.29, 0.717) is 5.69 Å². The van der Waals surface area contributed by atoms with Crippen molar-refractivity contribution >= 4 is 26.0 Å². The van der Waals surface area contributed by atoms with E-state index in [1.807, 2.05) is 6.92 Å². The van der Waals surface area contributed by atoms with Crippen LogP contribution in [0, 0.1) is 12.7 Å². The lowest BCUT2D eigenvalue weighted by atomic mass is 10.1. The molecule has 0 atom stereocenters. The SMILES string of the molecule is Cc1cc(-n2c(-c3ccc(S(N)(=O)=O)c(F)c3)coc2=O)ccc1Br. The van der Waals surface area contributed by atoms with E-state index >= 15 is 0 Å². The molecule has 3 aromatic rings. The van der Waals surface area contributed by atoms with Gasteiger partial charge in [0.2, 0.25) is 10.0 Å². The number of aromatic nitrogens is 1. The van der Waals surface area contributed by atoms with E-state index in [9.17, 15) is 17.6 Å². The van der Waals surface area contributed by atoms with E-state index in [1.165, 1.54) is 16.9 Å². The molecule has 0 spiro atoms. The summed E-state index contributed by atoms with van der Waals surface area (Å²) in [6.07, 6.45) is 1.19. The lowest BCUT2D eigenvalue weighted by Crippen LogP contribution is -2.15. The highest BCUT2D eigenvalue weighted by atomic mass is 79.9. The molecule has 0 amide bonds. The highest BCUT2D eigenvalue weighted by Gasteiger charge is 2.18. The van der Waals surface area contributed by atoms with Crippen LogP contribution in [0.3, 0.4) is 0 Å². The molecule has 2 aromatic carbocycles. The molecule has 0 saturated carbocycles. The van der Waals surface area contributed by atoms with E-state index in [-0.39, 0.29) is 11.3 Å². The molecule has 0 aliphatic carbocycles. The predicted octanol–water partition coefficient (Wildman–Crippen LogP) is 2.95. The second-order valence-electron chi connectivity index (χ2n) is 5.35. The van der Waals surface area contributed by atoms with Gasteiger partial charge in [0, 0.05) is 10.0 Å². The highest BCUT2D eigenvalue weighted by molar-refractivity contribution is 9.10. The number of hydrogen-bond donors (Lipinski definition) is 1. The van der Waals surface area contributed by atoms with E-state index in [4.69, 9.17) is 9.56 Å². The van der Waals surface area contributed by atoms with Gasteiger partial charge in [-0.1, -0.05) is 22.0 Å². The molecule has 3 rings (SSSR count). The zero-order valence-electron chi connectivity index (χ0n) is 12.9. The fraction of sp³-hybridized carbons (Fsp3) is 0.0625. The summed E-state index contributed by atoms with van der Waals surface area (Å²) in [6.45, 7) is 1.86. The van der Waals surface area contributed by atoms with Crippen LogP contribution in [0.15, 0.2) is 61.2 Å². The molecule has 1 aromatic heterocycles. The van der Waals surface area contributed by atoms with Gasteiger partial charge in [-0.2, -0.15) is 0 Å². The molecule has 0 fully saturated rings.